The molecule has 20 heteroatoms. The number of amides is 4. The van der Waals surface area contributed by atoms with Crippen molar-refractivity contribution in [1.29, 1.82) is 0 Å². The lowest BCUT2D eigenvalue weighted by Gasteiger charge is -2.34. The first-order valence-electron chi connectivity index (χ1n) is 22.9. The number of halogens is 4. The van der Waals surface area contributed by atoms with Gasteiger partial charge in [0.05, 0.1) is 25.0 Å². The van der Waals surface area contributed by atoms with Crippen molar-refractivity contribution < 1.29 is 68.4 Å². The summed E-state index contributed by atoms with van der Waals surface area (Å²) in [6.07, 6.45) is -0.680. The molecule has 3 aliphatic heterocycles. The quantitative estimate of drug-likeness (QED) is 0.171. The van der Waals surface area contributed by atoms with Crippen LogP contribution < -0.4 is 29.6 Å². The van der Waals surface area contributed by atoms with Crippen molar-refractivity contribution in [3.05, 3.63) is 35.7 Å². The molecule has 1 aromatic heterocycles. The van der Waals surface area contributed by atoms with E-state index in [0.717, 1.165) is 4.90 Å². The van der Waals surface area contributed by atoms with Gasteiger partial charge in [-0.1, -0.05) is 53.7 Å². The summed E-state index contributed by atoms with van der Waals surface area (Å²) in [5.41, 5.74) is -3.92. The number of hydrogen-bond donors (Lipinski definition) is 3. The highest BCUT2D eigenvalue weighted by atomic mass is 32.2. The van der Waals surface area contributed by atoms with Gasteiger partial charge in [0.2, 0.25) is 39.2 Å². The number of alkyl carbamates (subject to hydrolysis) is 1. The zero-order valence-electron chi connectivity index (χ0n) is 39.4. The molecule has 5 aliphatic rings. The predicted molar refractivity (Wildman–Crippen MR) is 244 cm³/mol. The number of hydrogen-bond acceptors (Lipinski definition) is 11. The lowest BCUT2D eigenvalue weighted by molar-refractivity contribution is -0.244. The number of nitrogens with zero attached hydrogens (tertiary/aromatic N) is 2. The van der Waals surface area contributed by atoms with Crippen molar-refractivity contribution in [3.8, 4) is 17.5 Å². The molecule has 0 bridgehead atoms. The average Bonchev–Trinajstić information content (AvgIpc) is 4.14. The summed E-state index contributed by atoms with van der Waals surface area (Å²) < 4.78 is 107. The van der Waals surface area contributed by atoms with Crippen LogP contribution in [0.4, 0.5) is 22.4 Å². The van der Waals surface area contributed by atoms with E-state index in [1.807, 2.05) is 40.7 Å². The number of carbonyl (C=O) groups excluding carboxylic acids is 4. The van der Waals surface area contributed by atoms with E-state index in [1.165, 1.54) is 26.2 Å². The first kappa shape index (κ1) is 52.1. The van der Waals surface area contributed by atoms with E-state index in [1.54, 1.807) is 13.0 Å². The summed E-state index contributed by atoms with van der Waals surface area (Å²) in [5, 5.41) is 5.94. The zero-order chi connectivity index (χ0) is 49.2. The minimum Gasteiger partial charge on any atom is -0.494 e. The molecule has 2 saturated carbocycles. The highest BCUT2D eigenvalue weighted by molar-refractivity contribution is 7.91. The third-order valence-electron chi connectivity index (χ3n) is 12.9. The molecule has 1 saturated heterocycles. The van der Waals surface area contributed by atoms with E-state index < -0.39 is 91.7 Å². The van der Waals surface area contributed by atoms with Gasteiger partial charge in [0, 0.05) is 27.6 Å². The molecule has 66 heavy (non-hydrogen) atoms. The molecule has 4 amide bonds. The molecule has 2 aromatic rings. The Kier molecular flexibility index (Phi) is 15.9. The molecular weight excluding hydrogens is 891 g/mol. The van der Waals surface area contributed by atoms with Crippen LogP contribution in [0.2, 0.25) is 0 Å². The normalized spacial score (nSPS) is 27.7. The number of rotatable bonds is 8. The van der Waals surface area contributed by atoms with Crippen molar-refractivity contribution >= 4 is 44.6 Å². The van der Waals surface area contributed by atoms with Crippen LogP contribution in [0.15, 0.2) is 24.3 Å². The van der Waals surface area contributed by atoms with Crippen LogP contribution in [0, 0.1) is 23.6 Å². The van der Waals surface area contributed by atoms with Crippen LogP contribution in [0.25, 0.3) is 10.8 Å². The Morgan fingerprint density at radius 2 is 1.74 bits per heavy atom. The SMILES string of the molecule is CC.CC.COc1cc2c3c(nc(O[C@@H]4C[C@H]5C(=O)N[C@]6(C(=O)NS(=O)(=O)C7(C)CC7)C[C@H]6/C=C\CC[C@@H](C)C[C@@H](C)C(NC(=O)OC(C)(C)C(F)(F)F)C(=O)N5C4)c2cc1F)OCCC3.[HH].[HH].[HH]. The van der Waals surface area contributed by atoms with E-state index in [9.17, 15) is 40.8 Å². The number of benzene rings is 1. The second kappa shape index (κ2) is 20.1. The Labute approximate surface area is 389 Å². The highest BCUT2D eigenvalue weighted by Gasteiger charge is 2.63. The number of ether oxygens (including phenoxy) is 4. The van der Waals surface area contributed by atoms with Crippen LogP contribution in [0.3, 0.4) is 0 Å². The zero-order valence-corrected chi connectivity index (χ0v) is 40.3. The molecule has 2 aliphatic carbocycles. The summed E-state index contributed by atoms with van der Waals surface area (Å²) in [4.78, 5) is 62.4. The van der Waals surface area contributed by atoms with Gasteiger partial charge >= 0.3 is 12.3 Å². The number of aromatic nitrogens is 1. The Bertz CT molecular complexity index is 2310. The smallest absolute Gasteiger partial charge is 0.427 e. The molecule has 0 spiro atoms. The summed E-state index contributed by atoms with van der Waals surface area (Å²) in [6.45, 7) is 14.5. The fourth-order valence-corrected chi connectivity index (χ4v) is 9.85. The van der Waals surface area contributed by atoms with Gasteiger partial charge in [-0.25, -0.2) is 17.6 Å². The molecule has 374 valence electrons. The number of carbonyl (C=O) groups is 4. The third-order valence-corrected chi connectivity index (χ3v) is 15.1. The van der Waals surface area contributed by atoms with Crippen LogP contribution in [-0.4, -0.2) is 103 Å². The standard InChI is InChI=1S/C42H53F4N5O10S.2C2H6.3H2/c1-22-10-7-8-11-24-20-41(24,37(54)50-62(56,57)40(5)13-14-40)49-33(52)30-17-25(21-51(30)36(53)32(23(2)16-22)47-38(55)61-39(3,4)42(44,45)46)60-35-28-18-29(43)31(58-6)19-27(28)26-12-9-15-59-34(26)48-35;2*1-2;;;/h8,11,18-19,22-25,30,32H,7,9-10,12-17,20-21H2,1-6H3,(H,47,55)(H,49,52)(H,50,54);2*1-2H3;3*1H/b11-8-;;;;;/t22-,23-,24-,25-,30+,32?,41-;;;;;/m1...../s1. The van der Waals surface area contributed by atoms with E-state index >= 15 is 4.39 Å². The minimum absolute atomic E-state index is 0. The van der Waals surface area contributed by atoms with Gasteiger partial charge in [0.25, 0.3) is 5.91 Å². The van der Waals surface area contributed by atoms with Gasteiger partial charge in [0.15, 0.2) is 11.6 Å². The van der Waals surface area contributed by atoms with E-state index in [4.69, 9.17) is 18.9 Å². The fourth-order valence-electron chi connectivity index (χ4n) is 8.54. The molecule has 1 aromatic carbocycles. The number of nitrogens with one attached hydrogen (secondary N) is 3. The number of methoxy groups -OCH3 is 1. The Hall–Kier alpha value is -4.88. The maximum atomic E-state index is 15.3. The van der Waals surface area contributed by atoms with Crippen molar-refractivity contribution in [3.63, 3.8) is 0 Å². The van der Waals surface area contributed by atoms with Gasteiger partial charge < -0.3 is 34.5 Å². The van der Waals surface area contributed by atoms with Crippen molar-refractivity contribution in [2.75, 3.05) is 20.3 Å². The monoisotopic (exact) mass is 961 g/mol. The Morgan fingerprint density at radius 1 is 1.06 bits per heavy atom. The lowest BCUT2D eigenvalue weighted by Crippen LogP contribution is -2.59. The Balaban J connectivity index is 0.00000227. The highest BCUT2D eigenvalue weighted by Crippen LogP contribution is 2.48. The van der Waals surface area contributed by atoms with Gasteiger partial charge in [-0.15, -0.1) is 0 Å². The molecule has 3 N–H and O–H groups in total. The molecule has 7 rings (SSSR count). The number of sulfonamides is 1. The second-order valence-corrected chi connectivity index (χ2v) is 20.4. The molecule has 15 nitrogen and oxygen atoms in total. The predicted octanol–water partition coefficient (Wildman–Crippen LogP) is 8.17. The summed E-state index contributed by atoms with van der Waals surface area (Å²) in [7, 11) is -2.79. The maximum absolute atomic E-state index is 15.3. The lowest BCUT2D eigenvalue weighted by atomic mass is 9.88. The van der Waals surface area contributed by atoms with E-state index in [0.29, 0.717) is 76.3 Å². The minimum atomic E-state index is -4.95. The largest absolute Gasteiger partial charge is 0.494 e. The summed E-state index contributed by atoms with van der Waals surface area (Å²) in [5.74, 6) is -4.54. The maximum Gasteiger partial charge on any atom is 0.427 e. The first-order chi connectivity index (χ1) is 31.0. The number of aryl methyl sites for hydroxylation is 1. The number of allylic oxidation sites excluding steroid dienone is 1. The number of pyridine rings is 1. The van der Waals surface area contributed by atoms with Gasteiger partial charge in [-0.3, -0.25) is 19.1 Å². The van der Waals surface area contributed by atoms with Crippen molar-refractivity contribution in [2.24, 2.45) is 17.8 Å². The van der Waals surface area contributed by atoms with E-state index in [-0.39, 0.29) is 52.5 Å². The molecule has 3 fully saturated rings. The van der Waals surface area contributed by atoms with Crippen LogP contribution in [0.5, 0.6) is 17.5 Å². The van der Waals surface area contributed by atoms with Crippen LogP contribution in [-0.2, 0) is 35.6 Å². The van der Waals surface area contributed by atoms with Crippen LogP contribution >= 0.6 is 0 Å². The molecule has 0 radical (unpaired) electrons. The second-order valence-electron chi connectivity index (χ2n) is 18.2. The third kappa shape index (κ3) is 10.8. The fraction of sp³-hybridized carbons (Fsp3) is 0.674. The summed E-state index contributed by atoms with van der Waals surface area (Å²) in [6, 6.07) is -0.210. The molecule has 7 atom stereocenters. The Morgan fingerprint density at radius 3 is 2.38 bits per heavy atom. The average molecular weight is 962 g/mol. The van der Waals surface area contributed by atoms with Crippen LogP contribution in [0.1, 0.15) is 124 Å². The molecular formula is C46H71F4N5O10S. The van der Waals surface area contributed by atoms with Crippen molar-refractivity contribution in [2.45, 2.75) is 160 Å². The number of fused-ring (bicyclic) bond motifs is 5. The van der Waals surface area contributed by atoms with Gasteiger partial charge in [0.1, 0.15) is 23.7 Å². The molecule has 4 heterocycles. The molecule has 1 unspecified atom stereocenters. The van der Waals surface area contributed by atoms with Crippen molar-refractivity contribution in [1.82, 2.24) is 25.2 Å². The van der Waals surface area contributed by atoms with Gasteiger partial charge in [-0.2, -0.15) is 18.2 Å². The van der Waals surface area contributed by atoms with E-state index in [2.05, 4.69) is 20.3 Å². The first-order valence-corrected chi connectivity index (χ1v) is 24.4. The summed E-state index contributed by atoms with van der Waals surface area (Å²) >= 11 is 0. The number of alkyl halides is 3. The van der Waals surface area contributed by atoms with Gasteiger partial charge in [-0.05, 0) is 101 Å². The topological polar surface area (TPSA) is 192 Å².